The lowest BCUT2D eigenvalue weighted by molar-refractivity contribution is 0.0811. The molecule has 0 spiro atoms. The highest BCUT2D eigenvalue weighted by atomic mass is 79.9. The van der Waals surface area contributed by atoms with Gasteiger partial charge in [0.25, 0.3) is 0 Å². The quantitative estimate of drug-likeness (QED) is 0.767. The summed E-state index contributed by atoms with van der Waals surface area (Å²) in [7, 11) is 1.61. The molecule has 1 saturated heterocycles. The SMILES string of the molecule is COc1ccc(Br)c([C@@H](C2CCC2)N2CCNCC2)c1O.Cl.Cl. The second-order valence-corrected chi connectivity index (χ2v) is 6.79. The van der Waals surface area contributed by atoms with Crippen LogP contribution in [0.2, 0.25) is 0 Å². The van der Waals surface area contributed by atoms with Gasteiger partial charge in [0, 0.05) is 42.3 Å². The molecule has 0 aromatic heterocycles. The van der Waals surface area contributed by atoms with Crippen molar-refractivity contribution in [3.8, 4) is 11.5 Å². The number of nitrogens with zero attached hydrogens (tertiary/aromatic N) is 1. The second-order valence-electron chi connectivity index (χ2n) is 5.93. The van der Waals surface area contributed by atoms with Gasteiger partial charge in [0.05, 0.1) is 7.11 Å². The van der Waals surface area contributed by atoms with Crippen molar-refractivity contribution in [2.24, 2.45) is 5.92 Å². The van der Waals surface area contributed by atoms with Crippen LogP contribution in [0.25, 0.3) is 0 Å². The fourth-order valence-electron chi connectivity index (χ4n) is 3.44. The predicted octanol–water partition coefficient (Wildman–Crippen LogP) is 3.75. The normalized spacial score (nSPS) is 19.9. The summed E-state index contributed by atoms with van der Waals surface area (Å²) in [6.07, 6.45) is 3.80. The third-order valence-corrected chi connectivity index (χ3v) is 5.48. The van der Waals surface area contributed by atoms with Crippen LogP contribution < -0.4 is 10.1 Å². The van der Waals surface area contributed by atoms with E-state index < -0.39 is 0 Å². The second kappa shape index (κ2) is 9.33. The van der Waals surface area contributed by atoms with Crippen molar-refractivity contribution in [3.05, 3.63) is 22.2 Å². The molecule has 2 N–H and O–H groups in total. The van der Waals surface area contributed by atoms with Crippen molar-refractivity contribution >= 4 is 40.7 Å². The Balaban J connectivity index is 0.00000132. The summed E-state index contributed by atoms with van der Waals surface area (Å²) in [4.78, 5) is 2.51. The molecular weight excluding hydrogens is 403 g/mol. The van der Waals surface area contributed by atoms with E-state index in [4.69, 9.17) is 4.74 Å². The van der Waals surface area contributed by atoms with Crippen LogP contribution in [-0.2, 0) is 0 Å². The monoisotopic (exact) mass is 426 g/mol. The molecule has 1 aromatic carbocycles. The van der Waals surface area contributed by atoms with Crippen LogP contribution in [0.1, 0.15) is 30.9 Å². The Morgan fingerprint density at radius 3 is 2.43 bits per heavy atom. The number of benzene rings is 1. The van der Waals surface area contributed by atoms with Gasteiger partial charge in [0.1, 0.15) is 0 Å². The number of ether oxygens (including phenoxy) is 1. The van der Waals surface area contributed by atoms with Gasteiger partial charge >= 0.3 is 0 Å². The molecule has 132 valence electrons. The zero-order valence-electron chi connectivity index (χ0n) is 13.3. The van der Waals surface area contributed by atoms with E-state index >= 15 is 0 Å². The molecule has 1 saturated carbocycles. The average Bonchev–Trinajstić information content (AvgIpc) is 2.45. The number of nitrogens with one attached hydrogen (secondary N) is 1. The van der Waals surface area contributed by atoms with Crippen LogP contribution in [0.15, 0.2) is 16.6 Å². The lowest BCUT2D eigenvalue weighted by Crippen LogP contribution is -2.48. The Morgan fingerprint density at radius 2 is 1.91 bits per heavy atom. The van der Waals surface area contributed by atoms with Crippen LogP contribution in [0.3, 0.4) is 0 Å². The number of phenols is 1. The van der Waals surface area contributed by atoms with Crippen molar-refractivity contribution in [1.29, 1.82) is 0 Å². The highest BCUT2D eigenvalue weighted by Crippen LogP contribution is 2.48. The Bertz CT molecular complexity index is 509. The molecule has 23 heavy (non-hydrogen) atoms. The minimum absolute atomic E-state index is 0. The average molecular weight is 428 g/mol. The number of halogens is 3. The Kier molecular flexibility index (Phi) is 8.45. The fraction of sp³-hybridized carbons (Fsp3) is 0.625. The predicted molar refractivity (Wildman–Crippen MR) is 101 cm³/mol. The molecule has 2 aliphatic rings. The summed E-state index contributed by atoms with van der Waals surface area (Å²) < 4.78 is 6.29. The molecule has 1 aliphatic carbocycles. The molecule has 2 fully saturated rings. The fourth-order valence-corrected chi connectivity index (χ4v) is 4.00. The summed E-state index contributed by atoms with van der Waals surface area (Å²) in [6.45, 7) is 4.10. The molecule has 4 nitrogen and oxygen atoms in total. The zero-order chi connectivity index (χ0) is 14.8. The number of phenolic OH excluding ortho intramolecular Hbond substituents is 1. The molecule has 7 heteroatoms. The first-order chi connectivity index (χ1) is 10.2. The van der Waals surface area contributed by atoms with Gasteiger partial charge in [0.2, 0.25) is 0 Å². The number of hydrogen-bond donors (Lipinski definition) is 2. The molecule has 1 heterocycles. The summed E-state index contributed by atoms with van der Waals surface area (Å²) >= 11 is 3.64. The maximum atomic E-state index is 10.6. The molecule has 1 aliphatic heterocycles. The maximum Gasteiger partial charge on any atom is 0.163 e. The summed E-state index contributed by atoms with van der Waals surface area (Å²) in [6, 6.07) is 4.09. The molecule has 1 atom stereocenters. The Labute approximate surface area is 158 Å². The van der Waals surface area contributed by atoms with E-state index in [9.17, 15) is 5.11 Å². The molecular formula is C16H25BrCl2N2O2. The highest BCUT2D eigenvalue weighted by molar-refractivity contribution is 9.10. The van der Waals surface area contributed by atoms with Crippen molar-refractivity contribution in [3.63, 3.8) is 0 Å². The van der Waals surface area contributed by atoms with E-state index in [0.717, 1.165) is 36.2 Å². The van der Waals surface area contributed by atoms with Gasteiger partial charge in [-0.3, -0.25) is 4.90 Å². The third-order valence-electron chi connectivity index (χ3n) is 4.78. The van der Waals surface area contributed by atoms with E-state index in [1.165, 1.54) is 19.3 Å². The van der Waals surface area contributed by atoms with Gasteiger partial charge in [-0.2, -0.15) is 0 Å². The van der Waals surface area contributed by atoms with Crippen molar-refractivity contribution in [2.75, 3.05) is 33.3 Å². The Morgan fingerprint density at radius 1 is 1.26 bits per heavy atom. The number of hydrogen-bond acceptors (Lipinski definition) is 4. The van der Waals surface area contributed by atoms with Gasteiger partial charge in [-0.05, 0) is 30.9 Å². The summed E-state index contributed by atoms with van der Waals surface area (Å²) in [5.74, 6) is 1.49. The first kappa shape index (κ1) is 20.8. The number of rotatable bonds is 4. The first-order valence-corrected chi connectivity index (χ1v) is 8.51. The lowest BCUT2D eigenvalue weighted by atomic mass is 9.76. The number of methoxy groups -OCH3 is 1. The van der Waals surface area contributed by atoms with Gasteiger partial charge in [0.15, 0.2) is 11.5 Å². The maximum absolute atomic E-state index is 10.6. The first-order valence-electron chi connectivity index (χ1n) is 7.72. The van der Waals surface area contributed by atoms with Crippen LogP contribution in [-0.4, -0.2) is 43.3 Å². The largest absolute Gasteiger partial charge is 0.504 e. The molecule has 0 radical (unpaired) electrons. The van der Waals surface area contributed by atoms with Crippen molar-refractivity contribution in [2.45, 2.75) is 25.3 Å². The minimum Gasteiger partial charge on any atom is -0.504 e. The minimum atomic E-state index is 0. The van der Waals surface area contributed by atoms with E-state index in [1.54, 1.807) is 7.11 Å². The van der Waals surface area contributed by atoms with E-state index in [-0.39, 0.29) is 30.9 Å². The lowest BCUT2D eigenvalue weighted by Gasteiger charge is -2.43. The van der Waals surface area contributed by atoms with Crippen LogP contribution in [0.5, 0.6) is 11.5 Å². The van der Waals surface area contributed by atoms with E-state index in [1.807, 2.05) is 12.1 Å². The third kappa shape index (κ3) is 4.26. The standard InChI is InChI=1S/C16H23BrN2O2.2ClH/c1-21-13-6-5-12(17)14(16(13)20)15(11-3-2-4-11)19-9-7-18-8-10-19;;/h5-6,11,15,18,20H,2-4,7-10H2,1H3;2*1H/t15-;;/m1../s1. The summed E-state index contributed by atoms with van der Waals surface area (Å²) in [5.41, 5.74) is 1.00. The van der Waals surface area contributed by atoms with Gasteiger partial charge in [-0.25, -0.2) is 0 Å². The highest BCUT2D eigenvalue weighted by Gasteiger charge is 2.36. The number of piperazine rings is 1. The molecule has 0 unspecified atom stereocenters. The molecule has 3 rings (SSSR count). The topological polar surface area (TPSA) is 44.7 Å². The van der Waals surface area contributed by atoms with Crippen molar-refractivity contribution in [1.82, 2.24) is 10.2 Å². The molecule has 0 amide bonds. The van der Waals surface area contributed by atoms with Gasteiger partial charge < -0.3 is 15.2 Å². The number of aromatic hydroxyl groups is 1. The van der Waals surface area contributed by atoms with Crippen molar-refractivity contribution < 1.29 is 9.84 Å². The zero-order valence-corrected chi connectivity index (χ0v) is 16.5. The van der Waals surface area contributed by atoms with Gasteiger partial charge in [-0.15, -0.1) is 24.8 Å². The smallest absolute Gasteiger partial charge is 0.163 e. The van der Waals surface area contributed by atoms with Crippen LogP contribution in [0, 0.1) is 5.92 Å². The van der Waals surface area contributed by atoms with Crippen LogP contribution >= 0.6 is 40.7 Å². The van der Waals surface area contributed by atoms with Gasteiger partial charge in [-0.1, -0.05) is 22.4 Å². The molecule has 0 bridgehead atoms. The Hall–Kier alpha value is -0.200. The summed E-state index contributed by atoms with van der Waals surface area (Å²) in [5, 5.41) is 14.0. The molecule has 1 aromatic rings. The van der Waals surface area contributed by atoms with E-state index in [2.05, 4.69) is 26.1 Å². The van der Waals surface area contributed by atoms with E-state index in [0.29, 0.717) is 17.4 Å². The van der Waals surface area contributed by atoms with Crippen LogP contribution in [0.4, 0.5) is 0 Å².